The van der Waals surface area contributed by atoms with Crippen molar-refractivity contribution >= 4 is 29.1 Å². The molecule has 2 rings (SSSR count). The standard InChI is InChI=1S/C13H16Cl2N2O/c1-8-2-4-9(5-3-8)17-13(18)10-7-16-12(15)6-11(10)14/h6-9H,2-5H2,1H3,(H,17,18). The second-order valence-corrected chi connectivity index (χ2v) is 5.71. The topological polar surface area (TPSA) is 42.0 Å². The Labute approximate surface area is 117 Å². The number of nitrogens with zero attached hydrogens (tertiary/aromatic N) is 1. The fourth-order valence-electron chi connectivity index (χ4n) is 2.24. The molecule has 3 nitrogen and oxygen atoms in total. The van der Waals surface area contributed by atoms with Gasteiger partial charge in [0.2, 0.25) is 0 Å². The van der Waals surface area contributed by atoms with Crippen LogP contribution < -0.4 is 5.32 Å². The summed E-state index contributed by atoms with van der Waals surface area (Å²) in [6.45, 7) is 2.25. The third kappa shape index (κ3) is 3.36. The zero-order valence-corrected chi connectivity index (χ0v) is 11.8. The number of nitrogens with one attached hydrogen (secondary N) is 1. The predicted molar refractivity (Wildman–Crippen MR) is 73.1 cm³/mol. The second-order valence-electron chi connectivity index (χ2n) is 4.92. The Kier molecular flexibility index (Phi) is 4.46. The van der Waals surface area contributed by atoms with Crippen LogP contribution in [0.1, 0.15) is 43.0 Å². The zero-order valence-electron chi connectivity index (χ0n) is 10.2. The third-order valence-corrected chi connectivity index (χ3v) is 3.94. The Morgan fingerprint density at radius 1 is 1.33 bits per heavy atom. The van der Waals surface area contributed by atoms with Crippen LogP contribution in [0.3, 0.4) is 0 Å². The van der Waals surface area contributed by atoms with Gasteiger partial charge in [0.15, 0.2) is 0 Å². The molecule has 1 N–H and O–H groups in total. The Hall–Kier alpha value is -0.800. The zero-order chi connectivity index (χ0) is 13.1. The third-order valence-electron chi connectivity index (χ3n) is 3.42. The van der Waals surface area contributed by atoms with E-state index in [-0.39, 0.29) is 11.9 Å². The minimum absolute atomic E-state index is 0.163. The summed E-state index contributed by atoms with van der Waals surface area (Å²) in [7, 11) is 0. The number of hydrogen-bond acceptors (Lipinski definition) is 2. The molecule has 1 aliphatic carbocycles. The number of amides is 1. The fourth-order valence-corrected chi connectivity index (χ4v) is 2.69. The van der Waals surface area contributed by atoms with Crippen molar-refractivity contribution in [1.82, 2.24) is 10.3 Å². The molecule has 1 aromatic rings. The normalized spacial score (nSPS) is 23.7. The van der Waals surface area contributed by atoms with Gasteiger partial charge in [-0.1, -0.05) is 30.1 Å². The van der Waals surface area contributed by atoms with Crippen molar-refractivity contribution in [2.45, 2.75) is 38.6 Å². The van der Waals surface area contributed by atoms with Crippen LogP contribution in [0, 0.1) is 5.92 Å². The van der Waals surface area contributed by atoms with Gasteiger partial charge in [0.05, 0.1) is 10.6 Å². The maximum atomic E-state index is 12.0. The molecule has 1 heterocycles. The van der Waals surface area contributed by atoms with E-state index in [1.807, 2.05) is 0 Å². The average molecular weight is 287 g/mol. The molecule has 1 fully saturated rings. The predicted octanol–water partition coefficient (Wildman–Crippen LogP) is 3.70. The van der Waals surface area contributed by atoms with Crippen LogP contribution in [0.5, 0.6) is 0 Å². The number of halogens is 2. The highest BCUT2D eigenvalue weighted by Crippen LogP contribution is 2.24. The van der Waals surface area contributed by atoms with Crippen molar-refractivity contribution in [3.63, 3.8) is 0 Å². The van der Waals surface area contributed by atoms with Crippen LogP contribution in [0.2, 0.25) is 10.2 Å². The first-order valence-corrected chi connectivity index (χ1v) is 6.93. The average Bonchev–Trinajstić information content (AvgIpc) is 2.32. The molecule has 1 saturated carbocycles. The summed E-state index contributed by atoms with van der Waals surface area (Å²) in [5, 5.41) is 3.65. The van der Waals surface area contributed by atoms with E-state index >= 15 is 0 Å². The molecule has 0 radical (unpaired) electrons. The van der Waals surface area contributed by atoms with Gasteiger partial charge in [0.25, 0.3) is 5.91 Å². The maximum absolute atomic E-state index is 12.0. The van der Waals surface area contributed by atoms with E-state index in [2.05, 4.69) is 17.2 Å². The molecular weight excluding hydrogens is 271 g/mol. The summed E-state index contributed by atoms with van der Waals surface area (Å²) in [4.78, 5) is 15.9. The molecule has 0 spiro atoms. The number of carbonyl (C=O) groups is 1. The molecule has 0 aliphatic heterocycles. The highest BCUT2D eigenvalue weighted by atomic mass is 35.5. The minimum atomic E-state index is -0.163. The van der Waals surface area contributed by atoms with Gasteiger partial charge < -0.3 is 5.32 Å². The summed E-state index contributed by atoms with van der Waals surface area (Å²) < 4.78 is 0. The van der Waals surface area contributed by atoms with E-state index in [9.17, 15) is 4.79 Å². The lowest BCUT2D eigenvalue weighted by Gasteiger charge is -2.26. The molecule has 5 heteroatoms. The fraction of sp³-hybridized carbons (Fsp3) is 0.538. The van der Waals surface area contributed by atoms with Crippen molar-refractivity contribution in [2.24, 2.45) is 5.92 Å². The number of pyridine rings is 1. The van der Waals surface area contributed by atoms with Gasteiger partial charge in [-0.2, -0.15) is 0 Å². The van der Waals surface area contributed by atoms with Gasteiger partial charge in [-0.05, 0) is 37.7 Å². The highest BCUT2D eigenvalue weighted by molar-refractivity contribution is 6.36. The van der Waals surface area contributed by atoms with Crippen molar-refractivity contribution in [3.05, 3.63) is 28.0 Å². The van der Waals surface area contributed by atoms with Gasteiger partial charge in [0, 0.05) is 12.2 Å². The van der Waals surface area contributed by atoms with Gasteiger partial charge >= 0.3 is 0 Å². The van der Waals surface area contributed by atoms with Crippen LogP contribution in [-0.2, 0) is 0 Å². The van der Waals surface area contributed by atoms with E-state index in [0.29, 0.717) is 15.7 Å². The number of aromatic nitrogens is 1. The first-order chi connectivity index (χ1) is 8.56. The lowest BCUT2D eigenvalue weighted by Crippen LogP contribution is -2.37. The maximum Gasteiger partial charge on any atom is 0.254 e. The lowest BCUT2D eigenvalue weighted by molar-refractivity contribution is 0.0923. The molecule has 0 aromatic carbocycles. The first kappa shape index (κ1) is 13.6. The van der Waals surface area contributed by atoms with Crippen molar-refractivity contribution in [1.29, 1.82) is 0 Å². The summed E-state index contributed by atoms with van der Waals surface area (Å²) in [6, 6.07) is 1.74. The van der Waals surface area contributed by atoms with E-state index < -0.39 is 0 Å². The van der Waals surface area contributed by atoms with Crippen LogP contribution in [0.25, 0.3) is 0 Å². The van der Waals surface area contributed by atoms with Crippen molar-refractivity contribution < 1.29 is 4.79 Å². The summed E-state index contributed by atoms with van der Waals surface area (Å²) >= 11 is 11.7. The van der Waals surface area contributed by atoms with Crippen LogP contribution in [0.15, 0.2) is 12.3 Å². The van der Waals surface area contributed by atoms with E-state index in [1.165, 1.54) is 12.3 Å². The molecule has 1 aromatic heterocycles. The molecule has 0 unspecified atom stereocenters. The van der Waals surface area contributed by atoms with Crippen LogP contribution in [0.4, 0.5) is 0 Å². The molecule has 0 bridgehead atoms. The van der Waals surface area contributed by atoms with E-state index in [4.69, 9.17) is 23.2 Å². The second kappa shape index (κ2) is 5.89. The molecule has 1 amide bonds. The van der Waals surface area contributed by atoms with Crippen LogP contribution >= 0.6 is 23.2 Å². The monoisotopic (exact) mass is 286 g/mol. The highest BCUT2D eigenvalue weighted by Gasteiger charge is 2.21. The Balaban J connectivity index is 1.99. The van der Waals surface area contributed by atoms with Gasteiger partial charge in [0.1, 0.15) is 5.15 Å². The van der Waals surface area contributed by atoms with E-state index in [1.54, 1.807) is 0 Å². The smallest absolute Gasteiger partial charge is 0.254 e. The summed E-state index contributed by atoms with van der Waals surface area (Å²) in [5.74, 6) is 0.600. The minimum Gasteiger partial charge on any atom is -0.349 e. The van der Waals surface area contributed by atoms with Gasteiger partial charge in [-0.3, -0.25) is 4.79 Å². The quantitative estimate of drug-likeness (QED) is 0.843. The van der Waals surface area contributed by atoms with Crippen molar-refractivity contribution in [2.75, 3.05) is 0 Å². The lowest BCUT2D eigenvalue weighted by atomic mass is 9.87. The number of carbonyl (C=O) groups excluding carboxylic acids is 1. The largest absolute Gasteiger partial charge is 0.349 e. The number of hydrogen-bond donors (Lipinski definition) is 1. The first-order valence-electron chi connectivity index (χ1n) is 6.18. The van der Waals surface area contributed by atoms with Crippen LogP contribution in [-0.4, -0.2) is 16.9 Å². The molecule has 1 aliphatic rings. The molecule has 98 valence electrons. The number of rotatable bonds is 2. The molecule has 18 heavy (non-hydrogen) atoms. The summed E-state index contributed by atoms with van der Waals surface area (Å²) in [5.41, 5.74) is 0.389. The Bertz CT molecular complexity index is 443. The Morgan fingerprint density at radius 3 is 2.61 bits per heavy atom. The Morgan fingerprint density at radius 2 is 2.00 bits per heavy atom. The molecule has 0 atom stereocenters. The van der Waals surface area contributed by atoms with Crippen molar-refractivity contribution in [3.8, 4) is 0 Å². The molecule has 0 saturated heterocycles. The SMILES string of the molecule is CC1CCC(NC(=O)c2cnc(Cl)cc2Cl)CC1. The van der Waals surface area contributed by atoms with Gasteiger partial charge in [-0.15, -0.1) is 0 Å². The van der Waals surface area contributed by atoms with Gasteiger partial charge in [-0.25, -0.2) is 4.98 Å². The molecular formula is C13H16Cl2N2O. The van der Waals surface area contributed by atoms with E-state index in [0.717, 1.165) is 31.6 Å². The summed E-state index contributed by atoms with van der Waals surface area (Å²) in [6.07, 6.45) is 5.82.